The smallest absolute Gasteiger partial charge is 0.334 e. The second kappa shape index (κ2) is 12.1. The molecule has 0 saturated heterocycles. The van der Waals surface area contributed by atoms with Crippen LogP contribution in [0.2, 0.25) is 0 Å². The van der Waals surface area contributed by atoms with Crippen LogP contribution < -0.4 is 20.7 Å². The molecule has 10 nitrogen and oxygen atoms in total. The highest BCUT2D eigenvalue weighted by atomic mass is 16.5. The summed E-state index contributed by atoms with van der Waals surface area (Å²) in [5.41, 5.74) is 0.621. The molecule has 4 N–H and O–H groups in total. The van der Waals surface area contributed by atoms with E-state index in [9.17, 15) is 19.2 Å². The molecule has 2 aromatic rings. The maximum atomic E-state index is 13.0. The number of H-pyrrole nitrogens is 1. The van der Waals surface area contributed by atoms with Crippen molar-refractivity contribution in [3.05, 3.63) is 48.5 Å². The molecule has 2 rings (SSSR count). The predicted molar refractivity (Wildman–Crippen MR) is 112 cm³/mol. The summed E-state index contributed by atoms with van der Waals surface area (Å²) >= 11 is 0. The van der Waals surface area contributed by atoms with Crippen molar-refractivity contribution in [1.29, 1.82) is 0 Å². The summed E-state index contributed by atoms with van der Waals surface area (Å²) in [5, 5.41) is 7.50. The van der Waals surface area contributed by atoms with Gasteiger partial charge in [0.15, 0.2) is 0 Å². The van der Waals surface area contributed by atoms with E-state index >= 15 is 0 Å². The van der Waals surface area contributed by atoms with Crippen LogP contribution in [0.25, 0.3) is 0 Å². The molecule has 1 aromatic heterocycles. The molecule has 0 aliphatic rings. The van der Waals surface area contributed by atoms with E-state index in [1.54, 1.807) is 30.3 Å². The van der Waals surface area contributed by atoms with Crippen molar-refractivity contribution in [1.82, 2.24) is 25.9 Å². The summed E-state index contributed by atoms with van der Waals surface area (Å²) < 4.78 is 5.39. The van der Waals surface area contributed by atoms with Crippen LogP contribution >= 0.6 is 0 Å². The van der Waals surface area contributed by atoms with Crippen LogP contribution in [0.1, 0.15) is 26.0 Å². The Balaban J connectivity index is 2.11. The van der Waals surface area contributed by atoms with Crippen molar-refractivity contribution < 1.29 is 23.9 Å². The maximum Gasteiger partial charge on any atom is 0.334 e. The van der Waals surface area contributed by atoms with Crippen molar-refractivity contribution in [3.63, 3.8) is 0 Å². The maximum absolute atomic E-state index is 13.0. The number of rotatable bonds is 12. The third-order valence-corrected chi connectivity index (χ3v) is 4.25. The van der Waals surface area contributed by atoms with Gasteiger partial charge in [0.2, 0.25) is 18.2 Å². The Morgan fingerprint density at radius 2 is 1.87 bits per heavy atom. The van der Waals surface area contributed by atoms with Crippen LogP contribution in [0.3, 0.4) is 0 Å². The van der Waals surface area contributed by atoms with Gasteiger partial charge in [0.25, 0.3) is 0 Å². The largest absolute Gasteiger partial charge is 0.425 e. The lowest BCUT2D eigenvalue weighted by Gasteiger charge is -2.23. The summed E-state index contributed by atoms with van der Waals surface area (Å²) in [6, 6.07) is 6.68. The molecule has 0 saturated carbocycles. The molecule has 0 fully saturated rings. The summed E-state index contributed by atoms with van der Waals surface area (Å²) in [6.45, 7) is 3.57. The van der Waals surface area contributed by atoms with Crippen LogP contribution in [0.15, 0.2) is 42.9 Å². The first-order valence-electron chi connectivity index (χ1n) is 9.89. The molecule has 0 unspecified atom stereocenters. The van der Waals surface area contributed by atoms with Crippen molar-refractivity contribution in [2.45, 2.75) is 38.8 Å². The van der Waals surface area contributed by atoms with Gasteiger partial charge >= 0.3 is 5.97 Å². The number of aromatic amines is 1. The second-order valence-electron chi connectivity index (χ2n) is 7.32. The molecule has 0 aliphatic carbocycles. The van der Waals surface area contributed by atoms with E-state index in [0.717, 1.165) is 0 Å². The Hall–Kier alpha value is -3.69. The fourth-order valence-electron chi connectivity index (χ4n) is 2.84. The zero-order chi connectivity index (χ0) is 22.6. The van der Waals surface area contributed by atoms with Crippen LogP contribution in [0, 0.1) is 5.92 Å². The molecule has 31 heavy (non-hydrogen) atoms. The fourth-order valence-corrected chi connectivity index (χ4v) is 2.84. The van der Waals surface area contributed by atoms with Gasteiger partial charge < -0.3 is 25.7 Å². The third-order valence-electron chi connectivity index (χ3n) is 4.25. The van der Waals surface area contributed by atoms with Gasteiger partial charge in [0.05, 0.1) is 12.9 Å². The van der Waals surface area contributed by atoms with Crippen molar-refractivity contribution in [2.75, 3.05) is 6.54 Å². The van der Waals surface area contributed by atoms with Gasteiger partial charge in [-0.25, -0.2) is 9.78 Å². The van der Waals surface area contributed by atoms with E-state index in [1.165, 1.54) is 12.5 Å². The number of imidazole rings is 1. The van der Waals surface area contributed by atoms with Crippen LogP contribution in [-0.2, 0) is 25.6 Å². The number of nitrogens with zero attached hydrogens (tertiary/aromatic N) is 1. The minimum absolute atomic E-state index is 0.103. The van der Waals surface area contributed by atoms with Gasteiger partial charge in [0, 0.05) is 18.3 Å². The van der Waals surface area contributed by atoms with E-state index in [1.807, 2.05) is 13.8 Å². The second-order valence-corrected chi connectivity index (χ2v) is 7.32. The molecule has 3 amide bonds. The summed E-state index contributed by atoms with van der Waals surface area (Å²) in [7, 11) is 0. The molecule has 0 aliphatic heterocycles. The predicted octanol–water partition coefficient (Wildman–Crippen LogP) is 0.320. The lowest BCUT2D eigenvalue weighted by molar-refractivity contribution is -0.140. The topological polar surface area (TPSA) is 142 Å². The molecule has 0 spiro atoms. The minimum atomic E-state index is -0.986. The quantitative estimate of drug-likeness (QED) is 0.217. The standard InChI is InChI=1S/C21H27N5O5/c1-14(2)8-18(21(30)31-16-6-4-3-5-7-16)26-20(29)17(9-15-10-22-12-24-15)25-19(28)11-23-13-27/h3-7,10,12-14,17-18H,8-9,11H2,1-2H3,(H,22,24)(H,23,27)(H,25,28)(H,26,29)/t17-,18-/m0/s1. The van der Waals surface area contributed by atoms with Gasteiger partial charge in [-0.2, -0.15) is 0 Å². The number of carbonyl (C=O) groups excluding carboxylic acids is 4. The van der Waals surface area contributed by atoms with Gasteiger partial charge in [-0.15, -0.1) is 0 Å². The highest BCUT2D eigenvalue weighted by Crippen LogP contribution is 2.13. The average Bonchev–Trinajstić information content (AvgIpc) is 3.24. The number of carbonyl (C=O) groups is 4. The zero-order valence-corrected chi connectivity index (χ0v) is 17.5. The van der Waals surface area contributed by atoms with E-state index < -0.39 is 29.9 Å². The Bertz CT molecular complexity index is 854. The van der Waals surface area contributed by atoms with E-state index in [4.69, 9.17) is 4.74 Å². The van der Waals surface area contributed by atoms with Gasteiger partial charge in [-0.3, -0.25) is 14.4 Å². The number of nitrogens with one attached hydrogen (secondary N) is 4. The highest BCUT2D eigenvalue weighted by molar-refractivity contribution is 5.92. The number of hydrogen-bond acceptors (Lipinski definition) is 6. The Morgan fingerprint density at radius 3 is 2.48 bits per heavy atom. The normalized spacial score (nSPS) is 12.5. The SMILES string of the molecule is CC(C)C[C@H](NC(=O)[C@H](Cc1cnc[nH]1)NC(=O)CNC=O)C(=O)Oc1ccccc1. The van der Waals surface area contributed by atoms with Crippen LogP contribution in [0.5, 0.6) is 5.75 Å². The van der Waals surface area contributed by atoms with Crippen molar-refractivity contribution in [3.8, 4) is 5.75 Å². The Kier molecular flexibility index (Phi) is 9.21. The average molecular weight is 429 g/mol. The molecule has 0 radical (unpaired) electrons. The monoisotopic (exact) mass is 429 g/mol. The van der Waals surface area contributed by atoms with E-state index in [-0.39, 0.29) is 18.9 Å². The van der Waals surface area contributed by atoms with Gasteiger partial charge in [-0.1, -0.05) is 32.0 Å². The number of ether oxygens (including phenoxy) is 1. The van der Waals surface area contributed by atoms with Gasteiger partial charge in [-0.05, 0) is 24.5 Å². The number of para-hydroxylation sites is 1. The lowest BCUT2D eigenvalue weighted by atomic mass is 10.0. The van der Waals surface area contributed by atoms with Crippen molar-refractivity contribution >= 4 is 24.2 Å². The van der Waals surface area contributed by atoms with Crippen molar-refractivity contribution in [2.24, 2.45) is 5.92 Å². The molecule has 10 heteroatoms. The highest BCUT2D eigenvalue weighted by Gasteiger charge is 2.29. The molecule has 0 bridgehead atoms. The fraction of sp³-hybridized carbons (Fsp3) is 0.381. The number of benzene rings is 1. The zero-order valence-electron chi connectivity index (χ0n) is 17.5. The summed E-state index contributed by atoms with van der Waals surface area (Å²) in [4.78, 5) is 54.9. The van der Waals surface area contributed by atoms with E-state index in [2.05, 4.69) is 25.9 Å². The number of hydrogen-bond donors (Lipinski definition) is 4. The lowest BCUT2D eigenvalue weighted by Crippen LogP contribution is -2.54. The first-order valence-corrected chi connectivity index (χ1v) is 9.89. The number of amides is 3. The third kappa shape index (κ3) is 8.29. The first-order chi connectivity index (χ1) is 14.9. The molecular formula is C21H27N5O5. The molecular weight excluding hydrogens is 402 g/mol. The molecule has 1 aromatic carbocycles. The molecule has 166 valence electrons. The molecule has 2 atom stereocenters. The van der Waals surface area contributed by atoms with Gasteiger partial charge in [0.1, 0.15) is 17.8 Å². The summed E-state index contributed by atoms with van der Waals surface area (Å²) in [5.74, 6) is -1.21. The number of aromatic nitrogens is 2. The number of esters is 1. The first kappa shape index (κ1) is 23.6. The van der Waals surface area contributed by atoms with Crippen LogP contribution in [-0.4, -0.2) is 52.8 Å². The van der Waals surface area contributed by atoms with Crippen LogP contribution in [0.4, 0.5) is 0 Å². The Labute approximate surface area is 180 Å². The molecule has 1 heterocycles. The van der Waals surface area contributed by atoms with E-state index in [0.29, 0.717) is 24.3 Å². The Morgan fingerprint density at radius 1 is 1.13 bits per heavy atom. The minimum Gasteiger partial charge on any atom is -0.425 e. The summed E-state index contributed by atoms with van der Waals surface area (Å²) in [6.07, 6.45) is 3.86.